The van der Waals surface area contributed by atoms with Gasteiger partial charge in [0.25, 0.3) is 0 Å². The highest BCUT2D eigenvalue weighted by Gasteiger charge is 2.26. The minimum absolute atomic E-state index is 0.160. The number of nitrogens with one attached hydrogen (secondary N) is 1. The number of benzene rings is 1. The van der Waals surface area contributed by atoms with E-state index in [-0.39, 0.29) is 11.5 Å². The molecule has 0 saturated carbocycles. The maximum atomic E-state index is 12.5. The Balaban J connectivity index is 2.93. The van der Waals surface area contributed by atoms with Gasteiger partial charge in [-0.15, -0.1) is 0 Å². The Hall–Kier alpha value is -1.40. The highest BCUT2D eigenvalue weighted by Crippen LogP contribution is 2.18. The Morgan fingerprint density at radius 1 is 1.17 bits per heavy atom. The predicted molar refractivity (Wildman–Crippen MR) is 90.8 cm³/mol. The highest BCUT2D eigenvalue weighted by atomic mass is 32.2. The highest BCUT2D eigenvalue weighted by molar-refractivity contribution is 7.89. The molecule has 1 unspecified atom stereocenters. The molecule has 1 aromatic rings. The average molecular weight is 341 g/mol. The zero-order valence-corrected chi connectivity index (χ0v) is 15.2. The van der Waals surface area contributed by atoms with Crippen molar-refractivity contribution in [2.45, 2.75) is 63.8 Å². The number of carbonyl (C=O) groups excluding carboxylic acids is 1. The van der Waals surface area contributed by atoms with Crippen LogP contribution in [0.1, 0.15) is 58.4 Å². The smallest absolute Gasteiger partial charge is 0.324 e. The number of ether oxygens (including phenoxy) is 1. The molecule has 1 rings (SSSR count). The number of hydrogen-bond acceptors (Lipinski definition) is 4. The van der Waals surface area contributed by atoms with E-state index in [0.717, 1.165) is 18.4 Å². The summed E-state index contributed by atoms with van der Waals surface area (Å²) in [7, 11) is -3.75. The minimum Gasteiger partial charge on any atom is -0.465 e. The predicted octanol–water partition coefficient (Wildman–Crippen LogP) is 3.21. The summed E-state index contributed by atoms with van der Waals surface area (Å²) in [5.74, 6) is -0.195. The summed E-state index contributed by atoms with van der Waals surface area (Å²) in [5, 5.41) is 0. The van der Waals surface area contributed by atoms with Crippen LogP contribution in [-0.2, 0) is 19.6 Å². The lowest BCUT2D eigenvalue weighted by Crippen LogP contribution is -2.41. The number of esters is 1. The molecule has 0 heterocycles. The summed E-state index contributed by atoms with van der Waals surface area (Å²) in [6, 6.07) is 5.89. The molecule has 0 saturated heterocycles. The van der Waals surface area contributed by atoms with Gasteiger partial charge in [0, 0.05) is 0 Å². The zero-order valence-electron chi connectivity index (χ0n) is 14.3. The van der Waals surface area contributed by atoms with Gasteiger partial charge >= 0.3 is 5.97 Å². The molecule has 1 atom stereocenters. The van der Waals surface area contributed by atoms with E-state index >= 15 is 0 Å². The molecule has 130 valence electrons. The fourth-order valence-corrected chi connectivity index (χ4v) is 3.38. The van der Waals surface area contributed by atoms with Crippen LogP contribution in [0.5, 0.6) is 0 Å². The fourth-order valence-electron chi connectivity index (χ4n) is 2.16. The number of rotatable bonds is 9. The van der Waals surface area contributed by atoms with Crippen LogP contribution in [-0.4, -0.2) is 27.0 Å². The van der Waals surface area contributed by atoms with Crippen molar-refractivity contribution in [3.8, 4) is 0 Å². The summed E-state index contributed by atoms with van der Waals surface area (Å²) >= 11 is 0. The van der Waals surface area contributed by atoms with E-state index in [0.29, 0.717) is 12.3 Å². The lowest BCUT2D eigenvalue weighted by Gasteiger charge is -2.17. The van der Waals surface area contributed by atoms with Crippen LogP contribution in [0.4, 0.5) is 0 Å². The molecule has 0 amide bonds. The van der Waals surface area contributed by atoms with Crippen LogP contribution in [0.3, 0.4) is 0 Å². The Labute approximate surface area is 139 Å². The molecule has 5 nitrogen and oxygen atoms in total. The van der Waals surface area contributed by atoms with Crippen molar-refractivity contribution in [2.24, 2.45) is 0 Å². The van der Waals surface area contributed by atoms with Gasteiger partial charge < -0.3 is 4.74 Å². The van der Waals surface area contributed by atoms with Crippen molar-refractivity contribution < 1.29 is 17.9 Å². The van der Waals surface area contributed by atoms with Gasteiger partial charge in [-0.3, -0.25) is 4.79 Å². The van der Waals surface area contributed by atoms with Gasteiger partial charge in [-0.25, -0.2) is 8.42 Å². The fraction of sp³-hybridized carbons (Fsp3) is 0.588. The molecule has 23 heavy (non-hydrogen) atoms. The van der Waals surface area contributed by atoms with Crippen molar-refractivity contribution in [1.29, 1.82) is 0 Å². The number of carbonyl (C=O) groups is 1. The molecule has 6 heteroatoms. The lowest BCUT2D eigenvalue weighted by molar-refractivity contribution is -0.145. The van der Waals surface area contributed by atoms with Gasteiger partial charge in [-0.2, -0.15) is 4.72 Å². The second kappa shape index (κ2) is 9.03. The van der Waals surface area contributed by atoms with Gasteiger partial charge in [0.2, 0.25) is 10.0 Å². The monoisotopic (exact) mass is 341 g/mol. The van der Waals surface area contributed by atoms with Crippen molar-refractivity contribution in [3.63, 3.8) is 0 Å². The average Bonchev–Trinajstić information content (AvgIpc) is 2.51. The second-order valence-electron chi connectivity index (χ2n) is 5.79. The maximum absolute atomic E-state index is 12.5. The van der Waals surface area contributed by atoms with E-state index in [1.54, 1.807) is 31.2 Å². The van der Waals surface area contributed by atoms with E-state index in [1.165, 1.54) is 0 Å². The molecular formula is C17H27NO4S. The van der Waals surface area contributed by atoms with Gasteiger partial charge in [-0.1, -0.05) is 45.7 Å². The molecule has 0 spiro atoms. The van der Waals surface area contributed by atoms with E-state index in [1.807, 2.05) is 20.8 Å². The molecule has 0 fully saturated rings. The molecule has 0 aromatic heterocycles. The topological polar surface area (TPSA) is 72.5 Å². The van der Waals surface area contributed by atoms with Crippen LogP contribution in [0, 0.1) is 0 Å². The van der Waals surface area contributed by atoms with Crippen LogP contribution in [0.25, 0.3) is 0 Å². The Kier molecular flexibility index (Phi) is 7.72. The van der Waals surface area contributed by atoms with Crippen molar-refractivity contribution in [3.05, 3.63) is 29.8 Å². The van der Waals surface area contributed by atoms with Crippen molar-refractivity contribution in [2.75, 3.05) is 6.61 Å². The van der Waals surface area contributed by atoms with Crippen LogP contribution in [0.15, 0.2) is 29.2 Å². The molecular weight excluding hydrogens is 314 g/mol. The summed E-state index contributed by atoms with van der Waals surface area (Å²) < 4.78 is 32.4. The summed E-state index contributed by atoms with van der Waals surface area (Å²) in [4.78, 5) is 12.1. The SMILES string of the molecule is CCCCC(NS(=O)(=O)c1ccc(C(C)C)cc1)C(=O)OCC. The first kappa shape index (κ1) is 19.6. The van der Waals surface area contributed by atoms with E-state index < -0.39 is 22.0 Å². The first-order valence-electron chi connectivity index (χ1n) is 8.10. The third-order valence-electron chi connectivity index (χ3n) is 3.57. The Morgan fingerprint density at radius 3 is 2.26 bits per heavy atom. The third kappa shape index (κ3) is 5.95. The first-order chi connectivity index (χ1) is 10.8. The summed E-state index contributed by atoms with van der Waals surface area (Å²) in [6.07, 6.45) is 2.05. The van der Waals surface area contributed by atoms with E-state index in [4.69, 9.17) is 4.74 Å². The lowest BCUT2D eigenvalue weighted by atomic mass is 10.0. The van der Waals surface area contributed by atoms with Gasteiger partial charge in [0.1, 0.15) is 6.04 Å². The van der Waals surface area contributed by atoms with Gasteiger partial charge in [0.15, 0.2) is 0 Å². The number of unbranched alkanes of at least 4 members (excludes halogenated alkanes) is 1. The second-order valence-corrected chi connectivity index (χ2v) is 7.51. The van der Waals surface area contributed by atoms with E-state index in [9.17, 15) is 13.2 Å². The van der Waals surface area contributed by atoms with E-state index in [2.05, 4.69) is 4.72 Å². The number of hydrogen-bond donors (Lipinski definition) is 1. The van der Waals surface area contributed by atoms with Crippen molar-refractivity contribution in [1.82, 2.24) is 4.72 Å². The third-order valence-corrected chi connectivity index (χ3v) is 5.06. The minimum atomic E-state index is -3.75. The first-order valence-corrected chi connectivity index (χ1v) is 9.59. The summed E-state index contributed by atoms with van der Waals surface area (Å²) in [5.41, 5.74) is 1.07. The quantitative estimate of drug-likeness (QED) is 0.700. The molecule has 0 bridgehead atoms. The zero-order chi connectivity index (χ0) is 17.5. The molecule has 1 N–H and O–H groups in total. The normalized spacial score (nSPS) is 13.1. The van der Waals surface area contributed by atoms with Gasteiger partial charge in [-0.05, 0) is 37.0 Å². The maximum Gasteiger partial charge on any atom is 0.324 e. The van der Waals surface area contributed by atoms with Gasteiger partial charge in [0.05, 0.1) is 11.5 Å². The molecule has 1 aromatic carbocycles. The Morgan fingerprint density at radius 2 is 1.78 bits per heavy atom. The molecule has 0 aliphatic rings. The Bertz CT molecular complexity index is 594. The van der Waals surface area contributed by atoms with Crippen LogP contribution in [0.2, 0.25) is 0 Å². The molecule has 0 aliphatic heterocycles. The number of sulfonamides is 1. The molecule has 0 radical (unpaired) electrons. The van der Waals surface area contributed by atoms with Crippen LogP contribution >= 0.6 is 0 Å². The van der Waals surface area contributed by atoms with Crippen LogP contribution < -0.4 is 4.72 Å². The van der Waals surface area contributed by atoms with Crippen molar-refractivity contribution >= 4 is 16.0 Å². The molecule has 0 aliphatic carbocycles. The standard InChI is InChI=1S/C17H27NO4S/c1-5-7-8-16(17(19)22-6-2)18-23(20,21)15-11-9-14(10-12-15)13(3)4/h9-13,16,18H,5-8H2,1-4H3. The summed E-state index contributed by atoms with van der Waals surface area (Å²) in [6.45, 7) is 8.01. The largest absolute Gasteiger partial charge is 0.465 e.